The molecular weight excluding hydrogens is 396 g/mol. The van der Waals surface area contributed by atoms with Crippen LogP contribution in [0.15, 0.2) is 29.3 Å². The predicted molar refractivity (Wildman–Crippen MR) is 111 cm³/mol. The molecule has 3 rings (SSSR count). The monoisotopic (exact) mass is 416 g/mol. The molecule has 0 unspecified atom stereocenters. The fraction of sp³-hybridized carbons (Fsp3) is 0.316. The Labute approximate surface area is 170 Å². The van der Waals surface area contributed by atoms with Crippen LogP contribution < -0.4 is 5.32 Å². The van der Waals surface area contributed by atoms with Gasteiger partial charge in [0.2, 0.25) is 5.91 Å². The van der Waals surface area contributed by atoms with Crippen molar-refractivity contribution >= 4 is 51.0 Å². The van der Waals surface area contributed by atoms with E-state index in [9.17, 15) is 9.59 Å². The van der Waals surface area contributed by atoms with Gasteiger partial charge < -0.3 is 10.1 Å². The molecule has 0 bridgehead atoms. The standard InChI is InChI=1S/C19H20N4O3S2/c1-4-7-14-21-13-9-6-5-8-12(13)17(22-14)27-10-15(24)23-19-20-11(2)16(28-19)18(25)26-3/h5-6,8-9H,4,7,10H2,1-3H3,(H,20,23,24). The Kier molecular flexibility index (Phi) is 6.58. The van der Waals surface area contributed by atoms with Crippen molar-refractivity contribution in [3.8, 4) is 0 Å². The number of rotatable bonds is 7. The van der Waals surface area contributed by atoms with Gasteiger partial charge >= 0.3 is 5.97 Å². The molecule has 0 aliphatic heterocycles. The lowest BCUT2D eigenvalue weighted by Crippen LogP contribution is -2.14. The van der Waals surface area contributed by atoms with Crippen molar-refractivity contribution in [2.45, 2.75) is 31.7 Å². The van der Waals surface area contributed by atoms with Gasteiger partial charge in [-0.3, -0.25) is 4.79 Å². The van der Waals surface area contributed by atoms with Crippen LogP contribution in [0.3, 0.4) is 0 Å². The number of thiazole rings is 1. The number of carbonyl (C=O) groups excluding carboxylic acids is 2. The third-order valence-electron chi connectivity index (χ3n) is 3.84. The number of methoxy groups -OCH3 is 1. The van der Waals surface area contributed by atoms with Crippen LogP contribution in [0.2, 0.25) is 0 Å². The molecule has 0 radical (unpaired) electrons. The lowest BCUT2D eigenvalue weighted by atomic mass is 10.2. The second-order valence-electron chi connectivity index (χ2n) is 5.97. The van der Waals surface area contributed by atoms with E-state index in [0.717, 1.165) is 45.9 Å². The average molecular weight is 417 g/mol. The van der Waals surface area contributed by atoms with E-state index in [1.807, 2.05) is 24.3 Å². The van der Waals surface area contributed by atoms with E-state index in [2.05, 4.69) is 27.2 Å². The molecule has 28 heavy (non-hydrogen) atoms. The van der Waals surface area contributed by atoms with Crippen molar-refractivity contribution < 1.29 is 14.3 Å². The Hall–Kier alpha value is -2.52. The van der Waals surface area contributed by atoms with Crippen LogP contribution >= 0.6 is 23.1 Å². The summed E-state index contributed by atoms with van der Waals surface area (Å²) >= 11 is 2.46. The molecule has 9 heteroatoms. The van der Waals surface area contributed by atoms with E-state index in [1.165, 1.54) is 18.9 Å². The van der Waals surface area contributed by atoms with Gasteiger partial charge in [0.25, 0.3) is 0 Å². The Morgan fingerprint density at radius 3 is 2.75 bits per heavy atom. The number of fused-ring (bicyclic) bond motifs is 1. The zero-order valence-corrected chi connectivity index (χ0v) is 17.4. The number of nitrogens with zero attached hydrogens (tertiary/aromatic N) is 3. The van der Waals surface area contributed by atoms with Crippen LogP contribution in [0.4, 0.5) is 5.13 Å². The number of nitrogens with one attached hydrogen (secondary N) is 1. The number of anilines is 1. The number of aromatic nitrogens is 3. The van der Waals surface area contributed by atoms with Gasteiger partial charge in [0.1, 0.15) is 15.7 Å². The van der Waals surface area contributed by atoms with Gasteiger partial charge in [0, 0.05) is 11.8 Å². The maximum Gasteiger partial charge on any atom is 0.350 e. The lowest BCUT2D eigenvalue weighted by molar-refractivity contribution is -0.113. The number of esters is 1. The van der Waals surface area contributed by atoms with E-state index in [1.54, 1.807) is 6.92 Å². The van der Waals surface area contributed by atoms with Crippen LogP contribution in [0.25, 0.3) is 10.9 Å². The molecule has 0 aliphatic rings. The summed E-state index contributed by atoms with van der Waals surface area (Å²) in [6.07, 6.45) is 1.74. The molecule has 0 saturated heterocycles. The fourth-order valence-corrected chi connectivity index (χ4v) is 4.30. The second-order valence-corrected chi connectivity index (χ2v) is 7.94. The van der Waals surface area contributed by atoms with Gasteiger partial charge in [-0.05, 0) is 19.4 Å². The topological polar surface area (TPSA) is 94.1 Å². The summed E-state index contributed by atoms with van der Waals surface area (Å²) in [4.78, 5) is 37.8. The minimum absolute atomic E-state index is 0.179. The average Bonchev–Trinajstić information content (AvgIpc) is 3.05. The molecule has 7 nitrogen and oxygen atoms in total. The molecule has 0 spiro atoms. The summed E-state index contributed by atoms with van der Waals surface area (Å²) in [5.74, 6) is 0.289. The van der Waals surface area contributed by atoms with Crippen LogP contribution in [-0.2, 0) is 16.0 Å². The van der Waals surface area contributed by atoms with Gasteiger partial charge in [0.15, 0.2) is 5.13 Å². The summed E-state index contributed by atoms with van der Waals surface area (Å²) in [7, 11) is 1.31. The smallest absolute Gasteiger partial charge is 0.350 e. The first-order chi connectivity index (χ1) is 13.5. The highest BCUT2D eigenvalue weighted by Gasteiger charge is 2.17. The number of benzene rings is 1. The number of ether oxygens (including phenoxy) is 1. The Bertz CT molecular complexity index is 1020. The highest BCUT2D eigenvalue weighted by molar-refractivity contribution is 8.00. The van der Waals surface area contributed by atoms with Gasteiger partial charge in [-0.2, -0.15) is 0 Å². The first kappa shape index (κ1) is 20.2. The van der Waals surface area contributed by atoms with Crippen LogP contribution in [0.5, 0.6) is 0 Å². The normalized spacial score (nSPS) is 10.8. The first-order valence-corrected chi connectivity index (χ1v) is 10.6. The van der Waals surface area contributed by atoms with Gasteiger partial charge in [-0.15, -0.1) is 0 Å². The predicted octanol–water partition coefficient (Wildman–Crippen LogP) is 3.86. The van der Waals surface area contributed by atoms with Gasteiger partial charge in [0.05, 0.1) is 24.1 Å². The van der Waals surface area contributed by atoms with Crippen molar-refractivity contribution in [2.75, 3.05) is 18.2 Å². The van der Waals surface area contributed by atoms with Crippen LogP contribution in [-0.4, -0.2) is 39.7 Å². The zero-order chi connectivity index (χ0) is 20.1. The number of carbonyl (C=O) groups is 2. The number of hydrogen-bond acceptors (Lipinski definition) is 8. The number of hydrogen-bond donors (Lipinski definition) is 1. The Balaban J connectivity index is 1.72. The highest BCUT2D eigenvalue weighted by Crippen LogP contribution is 2.27. The Morgan fingerprint density at radius 1 is 1.21 bits per heavy atom. The molecule has 2 aromatic heterocycles. The molecule has 146 valence electrons. The fourth-order valence-electron chi connectivity index (χ4n) is 2.56. The van der Waals surface area contributed by atoms with E-state index >= 15 is 0 Å². The van der Waals surface area contributed by atoms with E-state index in [4.69, 9.17) is 4.74 Å². The van der Waals surface area contributed by atoms with E-state index < -0.39 is 5.97 Å². The molecular formula is C19H20N4O3S2. The van der Waals surface area contributed by atoms with Gasteiger partial charge in [-0.25, -0.2) is 19.7 Å². The van der Waals surface area contributed by atoms with Crippen molar-refractivity contribution in [1.29, 1.82) is 0 Å². The second kappa shape index (κ2) is 9.11. The molecule has 1 amide bonds. The van der Waals surface area contributed by atoms with Crippen molar-refractivity contribution in [3.05, 3.63) is 40.7 Å². The van der Waals surface area contributed by atoms with Crippen molar-refractivity contribution in [3.63, 3.8) is 0 Å². The third kappa shape index (κ3) is 4.66. The lowest BCUT2D eigenvalue weighted by Gasteiger charge is -2.08. The molecule has 0 atom stereocenters. The summed E-state index contributed by atoms with van der Waals surface area (Å²) < 4.78 is 4.71. The molecule has 0 saturated carbocycles. The quantitative estimate of drug-likeness (QED) is 0.355. The molecule has 0 aliphatic carbocycles. The summed E-state index contributed by atoms with van der Waals surface area (Å²) in [6.45, 7) is 3.78. The first-order valence-electron chi connectivity index (χ1n) is 8.75. The summed E-state index contributed by atoms with van der Waals surface area (Å²) in [5, 5.41) is 4.83. The van der Waals surface area contributed by atoms with Gasteiger partial charge in [-0.1, -0.05) is 48.2 Å². The zero-order valence-electron chi connectivity index (χ0n) is 15.8. The summed E-state index contributed by atoms with van der Waals surface area (Å²) in [5.41, 5.74) is 1.41. The SMILES string of the molecule is CCCc1nc(SCC(=O)Nc2nc(C)c(C(=O)OC)s2)c2ccccc2n1. The van der Waals surface area contributed by atoms with Crippen molar-refractivity contribution in [2.24, 2.45) is 0 Å². The minimum Gasteiger partial charge on any atom is -0.465 e. The number of para-hydroxylation sites is 1. The third-order valence-corrected chi connectivity index (χ3v) is 5.89. The molecule has 1 N–H and O–H groups in total. The molecule has 0 fully saturated rings. The Morgan fingerprint density at radius 2 is 2.00 bits per heavy atom. The van der Waals surface area contributed by atoms with E-state index in [0.29, 0.717) is 15.7 Å². The van der Waals surface area contributed by atoms with Crippen LogP contribution in [0, 0.1) is 6.92 Å². The number of amides is 1. The van der Waals surface area contributed by atoms with E-state index in [-0.39, 0.29) is 11.7 Å². The minimum atomic E-state index is -0.458. The van der Waals surface area contributed by atoms with Crippen molar-refractivity contribution in [1.82, 2.24) is 15.0 Å². The van der Waals surface area contributed by atoms with Crippen LogP contribution in [0.1, 0.15) is 34.5 Å². The molecule has 3 aromatic rings. The maximum atomic E-state index is 12.4. The largest absolute Gasteiger partial charge is 0.465 e. The maximum absolute atomic E-state index is 12.4. The number of aryl methyl sites for hydroxylation is 2. The highest BCUT2D eigenvalue weighted by atomic mass is 32.2. The number of thioether (sulfide) groups is 1. The molecule has 2 heterocycles. The summed E-state index contributed by atoms with van der Waals surface area (Å²) in [6, 6.07) is 7.78. The molecule has 1 aromatic carbocycles.